The number of ketones is 1. The van der Waals surface area contributed by atoms with Crippen LogP contribution in [-0.2, 0) is 52.5 Å². The molecule has 0 heterocycles. The Labute approximate surface area is 304 Å². The molecule has 1 aromatic rings. The molecule has 4 rings (SSSR count). The van der Waals surface area contributed by atoms with E-state index in [-0.39, 0.29) is 18.4 Å². The Morgan fingerprint density at radius 1 is 0.846 bits per heavy atom. The summed E-state index contributed by atoms with van der Waals surface area (Å²) in [5.74, 6) is -5.91. The van der Waals surface area contributed by atoms with Crippen LogP contribution >= 0.6 is 0 Å². The number of rotatable bonds is 9. The summed E-state index contributed by atoms with van der Waals surface area (Å²) in [5.41, 5.74) is -0.974. The van der Waals surface area contributed by atoms with E-state index in [9.17, 15) is 33.9 Å². The van der Waals surface area contributed by atoms with E-state index in [0.29, 0.717) is 16.7 Å². The van der Waals surface area contributed by atoms with Crippen molar-refractivity contribution in [2.24, 2.45) is 22.7 Å². The van der Waals surface area contributed by atoms with Crippen molar-refractivity contribution in [2.75, 3.05) is 14.1 Å². The highest BCUT2D eigenvalue weighted by molar-refractivity contribution is 6.03. The third-order valence-corrected chi connectivity index (χ3v) is 11.0. The van der Waals surface area contributed by atoms with Crippen molar-refractivity contribution in [3.8, 4) is 0 Å². The van der Waals surface area contributed by atoms with Gasteiger partial charge in [0.15, 0.2) is 18.3 Å². The Morgan fingerprint density at radius 3 is 1.92 bits per heavy atom. The molecular formula is C39H51NO12. The number of Topliss-reactive ketones (excluding diaryl/α,β-unsaturated/α-hetero) is 1. The number of carbonyl (C=O) groups is 6. The summed E-state index contributed by atoms with van der Waals surface area (Å²) < 4.78 is 29.4. The quantitative estimate of drug-likeness (QED) is 0.222. The van der Waals surface area contributed by atoms with Crippen LogP contribution in [0.2, 0.25) is 0 Å². The first-order chi connectivity index (χ1) is 24.1. The number of benzene rings is 1. The molecule has 13 heteroatoms. The second kappa shape index (κ2) is 15.3. The average Bonchev–Trinajstić information content (AvgIpc) is 3.02. The number of esters is 5. The normalized spacial score (nSPS) is 30.9. The number of aliphatic hydroxyl groups excluding tert-OH is 1. The maximum Gasteiger partial charge on any atom is 0.337 e. The summed E-state index contributed by atoms with van der Waals surface area (Å²) >= 11 is 0. The summed E-state index contributed by atoms with van der Waals surface area (Å²) in [4.78, 5) is 80.9. The highest BCUT2D eigenvalue weighted by Gasteiger charge is 2.65. The molecule has 13 nitrogen and oxygen atoms in total. The van der Waals surface area contributed by atoms with E-state index >= 15 is 0 Å². The highest BCUT2D eigenvalue weighted by Crippen LogP contribution is 2.60. The number of nitrogens with zero attached hydrogens (tertiary/aromatic N) is 1. The Bertz CT molecular complexity index is 1650. The maximum atomic E-state index is 15.0. The van der Waals surface area contributed by atoms with Crippen LogP contribution in [0.15, 0.2) is 53.6 Å². The number of fused-ring (bicyclic) bond motifs is 3. The zero-order chi connectivity index (χ0) is 39.0. The van der Waals surface area contributed by atoms with Crippen molar-refractivity contribution in [3.05, 3.63) is 59.2 Å². The molecule has 1 N–H and O–H groups in total. The minimum absolute atomic E-state index is 0.0819. The fourth-order valence-electron chi connectivity index (χ4n) is 8.78. The Morgan fingerprint density at radius 2 is 1.40 bits per heavy atom. The second-order valence-corrected chi connectivity index (χ2v) is 15.1. The molecule has 3 aliphatic carbocycles. The van der Waals surface area contributed by atoms with Gasteiger partial charge in [-0.25, -0.2) is 4.79 Å². The van der Waals surface area contributed by atoms with Crippen molar-refractivity contribution in [2.45, 2.75) is 111 Å². The molecule has 0 spiro atoms. The van der Waals surface area contributed by atoms with Gasteiger partial charge in [-0.05, 0) is 55.5 Å². The van der Waals surface area contributed by atoms with Gasteiger partial charge in [-0.15, -0.1) is 0 Å². The van der Waals surface area contributed by atoms with Gasteiger partial charge in [0.2, 0.25) is 5.78 Å². The number of carbonyl (C=O) groups excluding carboxylic acids is 6. The Hall–Kier alpha value is -4.36. The first kappa shape index (κ1) is 40.4. The van der Waals surface area contributed by atoms with Gasteiger partial charge >= 0.3 is 29.8 Å². The molecule has 3 aliphatic rings. The number of hydrogen-bond donors (Lipinski definition) is 1. The van der Waals surface area contributed by atoms with Crippen molar-refractivity contribution in [1.29, 1.82) is 0 Å². The van der Waals surface area contributed by atoms with Crippen molar-refractivity contribution in [1.82, 2.24) is 4.90 Å². The monoisotopic (exact) mass is 725 g/mol. The second-order valence-electron chi connectivity index (χ2n) is 15.1. The van der Waals surface area contributed by atoms with E-state index in [0.717, 1.165) is 6.92 Å². The van der Waals surface area contributed by atoms with E-state index < -0.39 is 101 Å². The predicted molar refractivity (Wildman–Crippen MR) is 186 cm³/mol. The fraction of sp³-hybridized carbons (Fsp3) is 0.590. The van der Waals surface area contributed by atoms with Crippen molar-refractivity contribution >= 4 is 35.6 Å². The lowest BCUT2D eigenvalue weighted by Gasteiger charge is -2.58. The van der Waals surface area contributed by atoms with E-state index in [1.807, 2.05) is 6.07 Å². The molecule has 0 radical (unpaired) electrons. The molecule has 10 atom stereocenters. The molecule has 0 aliphatic heterocycles. The topological polar surface area (TPSA) is 172 Å². The van der Waals surface area contributed by atoms with Crippen molar-refractivity contribution < 1.29 is 57.6 Å². The van der Waals surface area contributed by atoms with Crippen LogP contribution in [0.4, 0.5) is 0 Å². The van der Waals surface area contributed by atoms with Gasteiger partial charge in [-0.2, -0.15) is 0 Å². The third-order valence-electron chi connectivity index (χ3n) is 11.0. The van der Waals surface area contributed by atoms with Gasteiger partial charge in [-0.1, -0.05) is 57.7 Å². The Kier molecular flexibility index (Phi) is 11.9. The summed E-state index contributed by atoms with van der Waals surface area (Å²) in [6.07, 6.45) is -7.74. The molecule has 52 heavy (non-hydrogen) atoms. The van der Waals surface area contributed by atoms with E-state index in [4.69, 9.17) is 23.7 Å². The molecule has 284 valence electrons. The largest absolute Gasteiger partial charge is 0.462 e. The summed E-state index contributed by atoms with van der Waals surface area (Å²) in [7, 11) is 3.44. The minimum Gasteiger partial charge on any atom is -0.462 e. The predicted octanol–water partition coefficient (Wildman–Crippen LogP) is 3.82. The zero-order valence-electron chi connectivity index (χ0n) is 31.6. The highest BCUT2D eigenvalue weighted by atomic mass is 16.6. The van der Waals surface area contributed by atoms with E-state index in [1.165, 1.54) is 20.8 Å². The van der Waals surface area contributed by atoms with Crippen LogP contribution in [-0.4, -0.2) is 96.4 Å². The molecule has 2 bridgehead atoms. The summed E-state index contributed by atoms with van der Waals surface area (Å²) in [6.45, 7) is 16.0. The van der Waals surface area contributed by atoms with Crippen LogP contribution in [0.1, 0.15) is 79.8 Å². The van der Waals surface area contributed by atoms with Gasteiger partial charge in [0.25, 0.3) is 0 Å². The third kappa shape index (κ3) is 7.57. The molecular weight excluding hydrogens is 674 g/mol. The van der Waals surface area contributed by atoms with Gasteiger partial charge in [0.05, 0.1) is 11.5 Å². The molecule has 0 unspecified atom stereocenters. The number of aliphatic hydroxyl groups is 1. The van der Waals surface area contributed by atoms with Crippen LogP contribution in [0.3, 0.4) is 0 Å². The van der Waals surface area contributed by atoms with Gasteiger partial charge < -0.3 is 28.8 Å². The number of ether oxygens (including phenoxy) is 5. The lowest BCUT2D eigenvalue weighted by molar-refractivity contribution is -0.201. The Balaban J connectivity index is 1.90. The first-order valence-electron chi connectivity index (χ1n) is 17.4. The lowest BCUT2D eigenvalue weighted by Crippen LogP contribution is -2.65. The fourth-order valence-corrected chi connectivity index (χ4v) is 8.78. The first-order valence-corrected chi connectivity index (χ1v) is 17.4. The smallest absolute Gasteiger partial charge is 0.337 e. The molecule has 0 saturated heterocycles. The van der Waals surface area contributed by atoms with Gasteiger partial charge in [-0.3, -0.25) is 28.9 Å². The lowest BCUT2D eigenvalue weighted by atomic mass is 9.49. The maximum absolute atomic E-state index is 15.0. The molecule has 0 amide bonds. The molecule has 1 aromatic carbocycles. The van der Waals surface area contributed by atoms with Crippen molar-refractivity contribution in [3.63, 3.8) is 0 Å². The van der Waals surface area contributed by atoms with Crippen LogP contribution < -0.4 is 0 Å². The van der Waals surface area contributed by atoms with E-state index in [2.05, 4.69) is 6.58 Å². The zero-order valence-corrected chi connectivity index (χ0v) is 31.6. The standard InChI is InChI=1S/C39H51NO12/c1-19-26-17-27-35(50-23(5)43)34(49-22(4)42)20(2)30(38(27,7)8)32(45)36(51-24(6)44)39(26,9)29(48-21(3)41)18-28(19)52-37(47)33(46)31(40(10)11)25-15-13-12-14-16-25/h12-16,26-29,31,33-36,46H,1,17-18H2,2-11H3/t26-,27-,28+,29+,31-,33-,34-,35-,36+,39+/m1/s1. The van der Waals surface area contributed by atoms with Crippen LogP contribution in [0.25, 0.3) is 0 Å². The van der Waals surface area contributed by atoms with Gasteiger partial charge in [0.1, 0.15) is 18.3 Å². The van der Waals surface area contributed by atoms with Crippen LogP contribution in [0.5, 0.6) is 0 Å². The van der Waals surface area contributed by atoms with E-state index in [1.54, 1.807) is 71.0 Å². The number of likely N-dealkylation sites (N-methyl/N-ethyl adjacent to an activating group) is 1. The minimum atomic E-state index is -1.64. The molecule has 2 fully saturated rings. The summed E-state index contributed by atoms with van der Waals surface area (Å²) in [5, 5.41) is 11.4. The van der Waals surface area contributed by atoms with Crippen LogP contribution in [0, 0.1) is 22.7 Å². The SMILES string of the molecule is C=C1[C@@H](OC(=O)[C@H](O)[C@@H](c2ccccc2)N(C)C)C[C@H](OC(C)=O)[C@]2(C)[C@@H]1C[C@@H]1[C@@H](OC(C)=O)[C@H](OC(C)=O)C(C)=C(C(=O)[C@@H]2OC(C)=O)C1(C)C. The summed E-state index contributed by atoms with van der Waals surface area (Å²) in [6, 6.07) is 8.18. The molecule has 2 saturated carbocycles. The van der Waals surface area contributed by atoms with Gasteiger partial charge in [0, 0.05) is 45.6 Å². The average molecular weight is 726 g/mol. The molecule has 0 aromatic heterocycles. The number of hydrogen-bond acceptors (Lipinski definition) is 13.